The van der Waals surface area contributed by atoms with Gasteiger partial charge >= 0.3 is 0 Å². The summed E-state index contributed by atoms with van der Waals surface area (Å²) in [6.07, 6.45) is 1.73. The molecule has 2 aliphatic rings. The van der Waals surface area contributed by atoms with Crippen molar-refractivity contribution in [1.29, 1.82) is 0 Å². The molecule has 2 aromatic rings. The Morgan fingerprint density at radius 1 is 1.30 bits per heavy atom. The second kappa shape index (κ2) is 6.11. The summed E-state index contributed by atoms with van der Waals surface area (Å²) in [5, 5.41) is 11.9. The molecule has 1 N–H and O–H groups in total. The van der Waals surface area contributed by atoms with Gasteiger partial charge in [-0.25, -0.2) is 4.39 Å². The third kappa shape index (κ3) is 2.43. The second-order valence-electron chi connectivity index (χ2n) is 8.84. The first-order chi connectivity index (χ1) is 12.8. The fourth-order valence-corrected chi connectivity index (χ4v) is 5.07. The van der Waals surface area contributed by atoms with Gasteiger partial charge < -0.3 is 5.32 Å². The number of nitrogens with zero attached hydrogens (tertiary/aromatic N) is 2. The van der Waals surface area contributed by atoms with E-state index in [4.69, 9.17) is 0 Å². The van der Waals surface area contributed by atoms with Crippen molar-refractivity contribution in [3.05, 3.63) is 47.4 Å². The average molecular weight is 367 g/mol. The van der Waals surface area contributed by atoms with E-state index in [0.29, 0.717) is 23.7 Å². The molecule has 1 amide bonds. The number of halogens is 1. The largest absolute Gasteiger partial charge is 0.355 e. The number of amides is 1. The quantitative estimate of drug-likeness (QED) is 0.881. The SMILES string of the molecule is CC(C)CNC(=O)C12CC[C@H](c3cc(-c4ccccc4F)nnc31)C2(C)C. The summed E-state index contributed by atoms with van der Waals surface area (Å²) < 4.78 is 14.2. The smallest absolute Gasteiger partial charge is 0.232 e. The van der Waals surface area contributed by atoms with Crippen LogP contribution < -0.4 is 5.32 Å². The molecule has 5 heteroatoms. The Labute approximate surface area is 159 Å². The van der Waals surface area contributed by atoms with Crippen LogP contribution >= 0.6 is 0 Å². The van der Waals surface area contributed by atoms with Crippen molar-refractivity contribution in [1.82, 2.24) is 15.5 Å². The molecule has 1 unspecified atom stereocenters. The first kappa shape index (κ1) is 18.1. The maximum absolute atomic E-state index is 14.2. The van der Waals surface area contributed by atoms with Crippen molar-refractivity contribution >= 4 is 5.91 Å². The Hall–Kier alpha value is -2.30. The van der Waals surface area contributed by atoms with Crippen LogP contribution in [-0.2, 0) is 10.2 Å². The molecule has 1 fully saturated rings. The number of carbonyl (C=O) groups is 1. The van der Waals surface area contributed by atoms with Crippen LogP contribution in [0.15, 0.2) is 30.3 Å². The maximum Gasteiger partial charge on any atom is 0.232 e. The fourth-order valence-electron chi connectivity index (χ4n) is 5.07. The Morgan fingerprint density at radius 2 is 2.04 bits per heavy atom. The zero-order chi connectivity index (χ0) is 19.4. The van der Waals surface area contributed by atoms with E-state index in [0.717, 1.165) is 24.1 Å². The van der Waals surface area contributed by atoms with Crippen LogP contribution in [-0.4, -0.2) is 22.6 Å². The summed E-state index contributed by atoms with van der Waals surface area (Å²) in [5.41, 5.74) is 1.94. The molecule has 1 aromatic carbocycles. The fraction of sp³-hybridized carbons (Fsp3) is 0.500. The van der Waals surface area contributed by atoms with Gasteiger partial charge in [0, 0.05) is 12.1 Å². The topological polar surface area (TPSA) is 54.9 Å². The summed E-state index contributed by atoms with van der Waals surface area (Å²) in [7, 11) is 0. The second-order valence-corrected chi connectivity index (χ2v) is 8.84. The Morgan fingerprint density at radius 3 is 2.74 bits per heavy atom. The van der Waals surface area contributed by atoms with Crippen LogP contribution in [0.2, 0.25) is 0 Å². The number of fused-ring (bicyclic) bond motifs is 5. The third-order valence-corrected chi connectivity index (χ3v) is 6.59. The van der Waals surface area contributed by atoms with Gasteiger partial charge in [-0.1, -0.05) is 39.8 Å². The summed E-state index contributed by atoms with van der Waals surface area (Å²) in [6.45, 7) is 9.14. The van der Waals surface area contributed by atoms with Gasteiger partial charge in [-0.15, -0.1) is 0 Å². The van der Waals surface area contributed by atoms with E-state index in [9.17, 15) is 9.18 Å². The molecule has 4 rings (SSSR count). The maximum atomic E-state index is 14.2. The summed E-state index contributed by atoms with van der Waals surface area (Å²) in [6, 6.07) is 8.56. The molecular weight excluding hydrogens is 341 g/mol. The molecule has 142 valence electrons. The van der Waals surface area contributed by atoms with Gasteiger partial charge in [0.2, 0.25) is 5.91 Å². The molecule has 2 atom stereocenters. The van der Waals surface area contributed by atoms with Crippen molar-refractivity contribution < 1.29 is 9.18 Å². The van der Waals surface area contributed by atoms with Crippen LogP contribution in [0.4, 0.5) is 4.39 Å². The van der Waals surface area contributed by atoms with E-state index < -0.39 is 5.41 Å². The lowest BCUT2D eigenvalue weighted by atomic mass is 9.67. The first-order valence-corrected chi connectivity index (χ1v) is 9.70. The number of benzene rings is 1. The van der Waals surface area contributed by atoms with Crippen molar-refractivity contribution in [3.63, 3.8) is 0 Å². The molecule has 2 aliphatic carbocycles. The minimum Gasteiger partial charge on any atom is -0.355 e. The molecule has 1 saturated carbocycles. The van der Waals surface area contributed by atoms with E-state index in [1.165, 1.54) is 6.07 Å². The van der Waals surface area contributed by atoms with Gasteiger partial charge in [0.15, 0.2) is 0 Å². The molecule has 0 saturated heterocycles. The van der Waals surface area contributed by atoms with Gasteiger partial charge in [0.05, 0.1) is 16.8 Å². The number of hydrogen-bond donors (Lipinski definition) is 1. The van der Waals surface area contributed by atoms with Crippen molar-refractivity contribution in [2.45, 2.75) is 51.9 Å². The molecule has 0 radical (unpaired) electrons. The van der Waals surface area contributed by atoms with Crippen LogP contribution in [0.5, 0.6) is 0 Å². The number of hydrogen-bond acceptors (Lipinski definition) is 3. The molecule has 1 heterocycles. The molecular formula is C22H26FN3O. The summed E-state index contributed by atoms with van der Waals surface area (Å²) in [4.78, 5) is 13.3. The van der Waals surface area contributed by atoms with E-state index in [1.807, 2.05) is 6.07 Å². The van der Waals surface area contributed by atoms with E-state index in [-0.39, 0.29) is 23.1 Å². The summed E-state index contributed by atoms with van der Waals surface area (Å²) in [5.74, 6) is 0.369. The minimum absolute atomic E-state index is 0.0513. The van der Waals surface area contributed by atoms with E-state index >= 15 is 0 Å². The normalized spacial score (nSPS) is 24.9. The zero-order valence-corrected chi connectivity index (χ0v) is 16.3. The molecule has 1 aromatic heterocycles. The van der Waals surface area contributed by atoms with Gasteiger partial charge in [-0.05, 0) is 53.9 Å². The summed E-state index contributed by atoms with van der Waals surface area (Å²) >= 11 is 0. The Kier molecular flexibility index (Phi) is 4.09. The molecule has 2 bridgehead atoms. The third-order valence-electron chi connectivity index (χ3n) is 6.59. The highest BCUT2D eigenvalue weighted by molar-refractivity contribution is 5.91. The van der Waals surface area contributed by atoms with Gasteiger partial charge in [0.1, 0.15) is 5.82 Å². The van der Waals surface area contributed by atoms with Crippen LogP contribution in [0.3, 0.4) is 0 Å². The molecule has 4 nitrogen and oxygen atoms in total. The lowest BCUT2D eigenvalue weighted by Gasteiger charge is -2.36. The van der Waals surface area contributed by atoms with Gasteiger partial charge in [-0.3, -0.25) is 4.79 Å². The number of aromatic nitrogens is 2. The van der Waals surface area contributed by atoms with E-state index in [2.05, 4.69) is 43.2 Å². The highest BCUT2D eigenvalue weighted by atomic mass is 19.1. The molecule has 0 aliphatic heterocycles. The monoisotopic (exact) mass is 367 g/mol. The Balaban J connectivity index is 1.80. The lowest BCUT2D eigenvalue weighted by molar-refractivity contribution is -0.130. The van der Waals surface area contributed by atoms with Crippen LogP contribution in [0.25, 0.3) is 11.3 Å². The average Bonchev–Trinajstić information content (AvgIpc) is 3.01. The predicted molar refractivity (Wildman–Crippen MR) is 103 cm³/mol. The van der Waals surface area contributed by atoms with Crippen molar-refractivity contribution in [3.8, 4) is 11.3 Å². The predicted octanol–water partition coefficient (Wildman–Crippen LogP) is 4.21. The highest BCUT2D eigenvalue weighted by Crippen LogP contribution is 2.67. The number of carbonyl (C=O) groups excluding carboxylic acids is 1. The van der Waals surface area contributed by atoms with Gasteiger partial charge in [-0.2, -0.15) is 10.2 Å². The van der Waals surface area contributed by atoms with E-state index in [1.54, 1.807) is 18.2 Å². The Bertz CT molecular complexity index is 908. The van der Waals surface area contributed by atoms with Crippen LogP contribution in [0, 0.1) is 17.2 Å². The standard InChI is InChI=1S/C22H26FN3O/c1-13(2)12-24-20(27)22-10-9-16(21(22,3)4)15-11-18(25-26-19(15)22)14-7-5-6-8-17(14)23/h5-8,11,13,16H,9-10,12H2,1-4H3,(H,24,27)/t16-,22?/m1/s1. The first-order valence-electron chi connectivity index (χ1n) is 9.70. The number of rotatable bonds is 4. The van der Waals surface area contributed by atoms with Crippen molar-refractivity contribution in [2.24, 2.45) is 11.3 Å². The lowest BCUT2D eigenvalue weighted by Crippen LogP contribution is -2.50. The number of nitrogens with one attached hydrogen (secondary N) is 1. The zero-order valence-electron chi connectivity index (χ0n) is 16.3. The highest BCUT2D eigenvalue weighted by Gasteiger charge is 2.67. The molecule has 27 heavy (non-hydrogen) atoms. The van der Waals surface area contributed by atoms with Crippen LogP contribution in [0.1, 0.15) is 57.7 Å². The van der Waals surface area contributed by atoms with Gasteiger partial charge in [0.25, 0.3) is 0 Å². The molecule has 0 spiro atoms. The van der Waals surface area contributed by atoms with Crippen molar-refractivity contribution in [2.75, 3.05) is 6.54 Å². The minimum atomic E-state index is -0.650.